The highest BCUT2D eigenvalue weighted by Gasteiger charge is 2.14. The smallest absolute Gasteiger partial charge is 0.338 e. The Labute approximate surface area is 122 Å². The van der Waals surface area contributed by atoms with Crippen LogP contribution in [-0.2, 0) is 11.8 Å². The summed E-state index contributed by atoms with van der Waals surface area (Å²) in [7, 11) is 1.89. The zero-order valence-corrected chi connectivity index (χ0v) is 11.9. The van der Waals surface area contributed by atoms with Gasteiger partial charge >= 0.3 is 5.97 Å². The second-order valence-electron chi connectivity index (χ2n) is 4.66. The summed E-state index contributed by atoms with van der Waals surface area (Å²) < 4.78 is 6.86. The van der Waals surface area contributed by atoms with Gasteiger partial charge in [-0.1, -0.05) is 0 Å². The number of carbonyl (C=O) groups is 1. The molecule has 2 heterocycles. The normalized spacial score (nSPS) is 10.8. The van der Waals surface area contributed by atoms with Gasteiger partial charge in [0.2, 0.25) is 0 Å². The molecule has 0 fully saturated rings. The third kappa shape index (κ3) is 2.38. The average molecular weight is 281 g/mol. The number of aryl methyl sites for hydroxylation is 1. The summed E-state index contributed by atoms with van der Waals surface area (Å²) in [4.78, 5) is 15.9. The van der Waals surface area contributed by atoms with Crippen LogP contribution in [0.4, 0.5) is 0 Å². The predicted octanol–water partition coefficient (Wildman–Crippen LogP) is 2.81. The molecule has 0 N–H and O–H groups in total. The Kier molecular flexibility index (Phi) is 3.39. The maximum Gasteiger partial charge on any atom is 0.338 e. The van der Waals surface area contributed by atoms with Gasteiger partial charge in [-0.15, -0.1) is 0 Å². The molecule has 21 heavy (non-hydrogen) atoms. The van der Waals surface area contributed by atoms with Gasteiger partial charge in [0, 0.05) is 30.4 Å². The third-order valence-electron chi connectivity index (χ3n) is 3.32. The molecule has 0 amide bonds. The largest absolute Gasteiger partial charge is 0.462 e. The van der Waals surface area contributed by atoms with Crippen molar-refractivity contribution in [3.05, 3.63) is 48.3 Å². The van der Waals surface area contributed by atoms with Gasteiger partial charge in [0.25, 0.3) is 0 Å². The van der Waals surface area contributed by atoms with E-state index in [1.54, 1.807) is 30.1 Å². The molecule has 0 saturated heterocycles. The molecule has 3 rings (SSSR count). The molecule has 0 atom stereocenters. The Morgan fingerprint density at radius 1 is 1.24 bits per heavy atom. The quantitative estimate of drug-likeness (QED) is 0.693. The molecule has 0 radical (unpaired) electrons. The maximum atomic E-state index is 11.9. The fourth-order valence-electron chi connectivity index (χ4n) is 2.33. The second kappa shape index (κ2) is 5.36. The Morgan fingerprint density at radius 2 is 2.00 bits per heavy atom. The summed E-state index contributed by atoms with van der Waals surface area (Å²) in [6.45, 7) is 2.16. The average Bonchev–Trinajstić information content (AvgIpc) is 2.85. The van der Waals surface area contributed by atoms with Crippen LogP contribution in [0, 0.1) is 0 Å². The molecule has 3 aromatic rings. The number of benzene rings is 1. The Morgan fingerprint density at radius 3 is 2.71 bits per heavy atom. The Balaban J connectivity index is 2.17. The Bertz CT molecular complexity index is 794. The van der Waals surface area contributed by atoms with Gasteiger partial charge in [-0.2, -0.15) is 5.10 Å². The van der Waals surface area contributed by atoms with Crippen molar-refractivity contribution in [3.8, 4) is 11.3 Å². The van der Waals surface area contributed by atoms with Gasteiger partial charge in [0.1, 0.15) is 5.69 Å². The highest BCUT2D eigenvalue weighted by Crippen LogP contribution is 2.28. The van der Waals surface area contributed by atoms with Crippen LogP contribution in [0.1, 0.15) is 17.3 Å². The van der Waals surface area contributed by atoms with E-state index in [2.05, 4.69) is 10.1 Å². The van der Waals surface area contributed by atoms with E-state index in [0.717, 1.165) is 22.2 Å². The molecule has 5 nitrogen and oxygen atoms in total. The van der Waals surface area contributed by atoms with Gasteiger partial charge < -0.3 is 4.74 Å². The van der Waals surface area contributed by atoms with E-state index in [1.807, 2.05) is 31.3 Å². The number of nitrogens with zero attached hydrogens (tertiary/aromatic N) is 3. The predicted molar refractivity (Wildman–Crippen MR) is 79.9 cm³/mol. The number of hydrogen-bond acceptors (Lipinski definition) is 4. The van der Waals surface area contributed by atoms with E-state index in [1.165, 1.54) is 0 Å². The van der Waals surface area contributed by atoms with Crippen molar-refractivity contribution >= 4 is 16.9 Å². The number of aromatic nitrogens is 3. The van der Waals surface area contributed by atoms with Crippen molar-refractivity contribution in [2.24, 2.45) is 7.05 Å². The van der Waals surface area contributed by atoms with Crippen molar-refractivity contribution < 1.29 is 9.53 Å². The monoisotopic (exact) mass is 281 g/mol. The van der Waals surface area contributed by atoms with Crippen molar-refractivity contribution in [1.82, 2.24) is 14.8 Å². The first-order valence-corrected chi connectivity index (χ1v) is 6.75. The SMILES string of the molecule is CCOC(=O)c1ccc2c(c1)c(-c1ccncc1)nn2C. The fourth-order valence-corrected chi connectivity index (χ4v) is 2.33. The summed E-state index contributed by atoms with van der Waals surface area (Å²) in [5.41, 5.74) is 3.31. The fraction of sp³-hybridized carbons (Fsp3) is 0.188. The summed E-state index contributed by atoms with van der Waals surface area (Å²) in [5, 5.41) is 5.47. The molecule has 106 valence electrons. The lowest BCUT2D eigenvalue weighted by Crippen LogP contribution is -2.04. The molecule has 5 heteroatoms. The molecular formula is C16H15N3O2. The summed E-state index contributed by atoms with van der Waals surface area (Å²) in [6.07, 6.45) is 3.45. The molecule has 0 aliphatic rings. The van der Waals surface area contributed by atoms with Crippen LogP contribution in [0.5, 0.6) is 0 Å². The molecule has 0 aliphatic carbocycles. The minimum absolute atomic E-state index is 0.316. The van der Waals surface area contributed by atoms with Gasteiger partial charge in [0.05, 0.1) is 17.7 Å². The van der Waals surface area contributed by atoms with Crippen LogP contribution in [0.25, 0.3) is 22.2 Å². The first-order chi connectivity index (χ1) is 10.2. The summed E-state index contributed by atoms with van der Waals surface area (Å²) in [6, 6.07) is 9.28. The lowest BCUT2D eigenvalue weighted by atomic mass is 10.1. The lowest BCUT2D eigenvalue weighted by Gasteiger charge is -2.02. The number of rotatable bonds is 3. The van der Waals surface area contributed by atoms with E-state index in [9.17, 15) is 4.79 Å². The van der Waals surface area contributed by atoms with E-state index in [-0.39, 0.29) is 5.97 Å². The highest BCUT2D eigenvalue weighted by atomic mass is 16.5. The van der Waals surface area contributed by atoms with E-state index >= 15 is 0 Å². The minimum atomic E-state index is -0.316. The first kappa shape index (κ1) is 13.3. The lowest BCUT2D eigenvalue weighted by molar-refractivity contribution is 0.0526. The zero-order valence-electron chi connectivity index (χ0n) is 11.9. The minimum Gasteiger partial charge on any atom is -0.462 e. The van der Waals surface area contributed by atoms with Crippen LogP contribution < -0.4 is 0 Å². The van der Waals surface area contributed by atoms with Crippen molar-refractivity contribution in [2.75, 3.05) is 6.61 Å². The number of ether oxygens (including phenoxy) is 1. The molecule has 1 aromatic carbocycles. The number of hydrogen-bond donors (Lipinski definition) is 0. The van der Waals surface area contributed by atoms with E-state index in [0.29, 0.717) is 12.2 Å². The van der Waals surface area contributed by atoms with Crippen LogP contribution in [0.2, 0.25) is 0 Å². The van der Waals surface area contributed by atoms with Crippen molar-refractivity contribution in [3.63, 3.8) is 0 Å². The molecule has 0 spiro atoms. The molecule has 2 aromatic heterocycles. The number of esters is 1. The number of fused-ring (bicyclic) bond motifs is 1. The highest BCUT2D eigenvalue weighted by molar-refractivity contribution is 5.99. The molecule has 0 aliphatic heterocycles. The molecular weight excluding hydrogens is 266 g/mol. The third-order valence-corrected chi connectivity index (χ3v) is 3.32. The van der Waals surface area contributed by atoms with Crippen LogP contribution in [0.15, 0.2) is 42.7 Å². The second-order valence-corrected chi connectivity index (χ2v) is 4.66. The first-order valence-electron chi connectivity index (χ1n) is 6.75. The van der Waals surface area contributed by atoms with Crippen LogP contribution in [-0.4, -0.2) is 27.3 Å². The summed E-state index contributed by atoms with van der Waals surface area (Å²) >= 11 is 0. The standard InChI is InChI=1S/C16H15N3O2/c1-3-21-16(20)12-4-5-14-13(10-12)15(18-19(14)2)11-6-8-17-9-7-11/h4-10H,3H2,1-2H3. The molecule has 0 unspecified atom stereocenters. The van der Waals surface area contributed by atoms with Gasteiger partial charge in [-0.3, -0.25) is 9.67 Å². The number of pyridine rings is 1. The molecule has 0 bridgehead atoms. The topological polar surface area (TPSA) is 57.0 Å². The van der Waals surface area contributed by atoms with Gasteiger partial charge in [-0.25, -0.2) is 4.79 Å². The van der Waals surface area contributed by atoms with Gasteiger partial charge in [-0.05, 0) is 37.3 Å². The van der Waals surface area contributed by atoms with Crippen LogP contribution in [0.3, 0.4) is 0 Å². The zero-order chi connectivity index (χ0) is 14.8. The Hall–Kier alpha value is -2.69. The summed E-state index contributed by atoms with van der Waals surface area (Å²) in [5.74, 6) is -0.316. The number of carbonyl (C=O) groups excluding carboxylic acids is 1. The van der Waals surface area contributed by atoms with Crippen molar-refractivity contribution in [1.29, 1.82) is 0 Å². The van der Waals surface area contributed by atoms with E-state index < -0.39 is 0 Å². The molecule has 0 saturated carbocycles. The van der Waals surface area contributed by atoms with Crippen LogP contribution >= 0.6 is 0 Å². The van der Waals surface area contributed by atoms with Crippen molar-refractivity contribution in [2.45, 2.75) is 6.92 Å². The van der Waals surface area contributed by atoms with Gasteiger partial charge in [0.15, 0.2) is 0 Å². The van der Waals surface area contributed by atoms with E-state index in [4.69, 9.17) is 4.74 Å². The maximum absolute atomic E-state index is 11.9.